The molecule has 1 aromatic heterocycles. The zero-order chi connectivity index (χ0) is 17.1. The van der Waals surface area contributed by atoms with Gasteiger partial charge in [-0.25, -0.2) is 9.67 Å². The molecule has 1 amide bonds. The van der Waals surface area contributed by atoms with Gasteiger partial charge in [-0.05, 0) is 43.7 Å². The van der Waals surface area contributed by atoms with E-state index >= 15 is 0 Å². The van der Waals surface area contributed by atoms with E-state index in [2.05, 4.69) is 10.1 Å². The number of aryl methyl sites for hydroxylation is 2. The Labute approximate surface area is 139 Å². The van der Waals surface area contributed by atoms with Crippen LogP contribution >= 0.6 is 0 Å². The van der Waals surface area contributed by atoms with Crippen molar-refractivity contribution >= 4 is 5.91 Å². The highest BCUT2D eigenvalue weighted by molar-refractivity contribution is 5.75. The maximum absolute atomic E-state index is 10.9. The molecule has 0 unspecified atom stereocenters. The van der Waals surface area contributed by atoms with Crippen molar-refractivity contribution in [2.24, 2.45) is 5.73 Å². The maximum Gasteiger partial charge on any atom is 0.255 e. The first kappa shape index (κ1) is 15.7. The minimum absolute atomic E-state index is 0.160. The van der Waals surface area contributed by atoms with Gasteiger partial charge in [-0.1, -0.05) is 24.3 Å². The second kappa shape index (κ2) is 6.54. The van der Waals surface area contributed by atoms with Crippen LogP contribution in [0.5, 0.6) is 5.75 Å². The van der Waals surface area contributed by atoms with E-state index < -0.39 is 5.91 Å². The fraction of sp³-hybridized carbons (Fsp3) is 0.167. The minimum Gasteiger partial charge on any atom is -0.484 e. The monoisotopic (exact) mass is 322 g/mol. The van der Waals surface area contributed by atoms with Gasteiger partial charge in [0.05, 0.1) is 5.69 Å². The van der Waals surface area contributed by atoms with Crippen LogP contribution in [0, 0.1) is 13.8 Å². The molecule has 0 aliphatic rings. The lowest BCUT2D eigenvalue weighted by Gasteiger charge is -2.09. The first-order valence-corrected chi connectivity index (χ1v) is 7.55. The lowest BCUT2D eigenvalue weighted by atomic mass is 10.2. The number of ether oxygens (including phenoxy) is 1. The third-order valence-corrected chi connectivity index (χ3v) is 3.43. The van der Waals surface area contributed by atoms with E-state index in [1.165, 1.54) is 0 Å². The summed E-state index contributed by atoms with van der Waals surface area (Å²) in [6.45, 7) is 3.72. The van der Waals surface area contributed by atoms with Crippen LogP contribution in [0.2, 0.25) is 0 Å². The van der Waals surface area contributed by atoms with Gasteiger partial charge in [-0.3, -0.25) is 4.79 Å². The normalized spacial score (nSPS) is 10.6. The van der Waals surface area contributed by atoms with Crippen molar-refractivity contribution in [2.75, 3.05) is 6.61 Å². The molecule has 0 atom stereocenters. The number of aromatic nitrogens is 3. The Bertz CT molecular complexity index is 886. The summed E-state index contributed by atoms with van der Waals surface area (Å²) in [5.41, 5.74) is 8.05. The molecule has 0 aliphatic carbocycles. The molecule has 0 saturated carbocycles. The van der Waals surface area contributed by atoms with Crippen molar-refractivity contribution in [1.29, 1.82) is 0 Å². The number of amides is 1. The molecule has 0 saturated heterocycles. The molecule has 6 nitrogen and oxygen atoms in total. The van der Waals surface area contributed by atoms with Gasteiger partial charge >= 0.3 is 0 Å². The van der Waals surface area contributed by atoms with E-state index in [9.17, 15) is 4.79 Å². The molecule has 0 fully saturated rings. The van der Waals surface area contributed by atoms with Gasteiger partial charge in [-0.2, -0.15) is 5.10 Å². The summed E-state index contributed by atoms with van der Waals surface area (Å²) in [6, 6.07) is 15.4. The molecule has 0 aliphatic heterocycles. The van der Waals surface area contributed by atoms with Crippen LogP contribution in [0.25, 0.3) is 17.1 Å². The Morgan fingerprint density at radius 2 is 1.96 bits per heavy atom. The van der Waals surface area contributed by atoms with Crippen molar-refractivity contribution in [3.8, 4) is 22.8 Å². The first-order valence-electron chi connectivity index (χ1n) is 7.55. The average Bonchev–Trinajstić information content (AvgIpc) is 2.95. The molecule has 0 bridgehead atoms. The molecule has 3 rings (SSSR count). The fourth-order valence-corrected chi connectivity index (χ4v) is 2.42. The van der Waals surface area contributed by atoms with Crippen molar-refractivity contribution in [2.45, 2.75) is 13.8 Å². The van der Waals surface area contributed by atoms with Crippen LogP contribution in [0.3, 0.4) is 0 Å². The number of carbonyl (C=O) groups excluding carboxylic acids is 1. The van der Waals surface area contributed by atoms with Gasteiger partial charge in [-0.15, -0.1) is 0 Å². The van der Waals surface area contributed by atoms with Gasteiger partial charge in [0.15, 0.2) is 12.4 Å². The quantitative estimate of drug-likeness (QED) is 0.782. The first-order chi connectivity index (χ1) is 11.5. The lowest BCUT2D eigenvalue weighted by Crippen LogP contribution is -2.20. The van der Waals surface area contributed by atoms with Crippen LogP contribution in [0.15, 0.2) is 48.5 Å². The summed E-state index contributed by atoms with van der Waals surface area (Å²) in [5, 5.41) is 4.49. The van der Waals surface area contributed by atoms with E-state index in [0.717, 1.165) is 16.8 Å². The summed E-state index contributed by atoms with van der Waals surface area (Å²) >= 11 is 0. The zero-order valence-corrected chi connectivity index (χ0v) is 13.6. The fourth-order valence-electron chi connectivity index (χ4n) is 2.42. The topological polar surface area (TPSA) is 83.0 Å². The predicted octanol–water partition coefficient (Wildman–Crippen LogP) is 2.42. The highest BCUT2D eigenvalue weighted by atomic mass is 16.5. The predicted molar refractivity (Wildman–Crippen MR) is 91.0 cm³/mol. The smallest absolute Gasteiger partial charge is 0.255 e. The van der Waals surface area contributed by atoms with Crippen LogP contribution in [0.1, 0.15) is 11.4 Å². The van der Waals surface area contributed by atoms with E-state index in [1.807, 2.05) is 56.3 Å². The minimum atomic E-state index is -0.515. The van der Waals surface area contributed by atoms with Crippen LogP contribution in [0.4, 0.5) is 0 Å². The number of primary amides is 1. The van der Waals surface area contributed by atoms with Crippen molar-refractivity contribution < 1.29 is 9.53 Å². The SMILES string of the molecule is Cc1cccc(-n2nc(C)nc2-c2cccc(OCC(N)=O)c2)c1. The maximum atomic E-state index is 10.9. The van der Waals surface area contributed by atoms with Crippen molar-refractivity contribution in [3.05, 3.63) is 59.9 Å². The Hall–Kier alpha value is -3.15. The number of nitrogens with zero attached hydrogens (tertiary/aromatic N) is 3. The molecular formula is C18H18N4O2. The van der Waals surface area contributed by atoms with E-state index in [1.54, 1.807) is 10.7 Å². The van der Waals surface area contributed by atoms with E-state index in [-0.39, 0.29) is 6.61 Å². The molecule has 0 radical (unpaired) electrons. The summed E-state index contributed by atoms with van der Waals surface area (Å²) in [7, 11) is 0. The van der Waals surface area contributed by atoms with Crippen LogP contribution in [-0.4, -0.2) is 27.3 Å². The molecule has 1 heterocycles. The third-order valence-electron chi connectivity index (χ3n) is 3.43. The van der Waals surface area contributed by atoms with E-state index in [0.29, 0.717) is 17.4 Å². The summed E-state index contributed by atoms with van der Waals surface area (Å²) < 4.78 is 7.17. The highest BCUT2D eigenvalue weighted by Gasteiger charge is 2.12. The Kier molecular flexibility index (Phi) is 4.29. The van der Waals surface area contributed by atoms with Gasteiger partial charge in [0, 0.05) is 5.56 Å². The van der Waals surface area contributed by atoms with E-state index in [4.69, 9.17) is 10.5 Å². The largest absolute Gasteiger partial charge is 0.484 e. The summed E-state index contributed by atoms with van der Waals surface area (Å²) in [4.78, 5) is 15.4. The van der Waals surface area contributed by atoms with Gasteiger partial charge in [0.1, 0.15) is 11.6 Å². The van der Waals surface area contributed by atoms with Crippen LogP contribution < -0.4 is 10.5 Å². The average molecular weight is 322 g/mol. The molecule has 122 valence electrons. The van der Waals surface area contributed by atoms with Gasteiger partial charge in [0.2, 0.25) is 0 Å². The Balaban J connectivity index is 2.01. The second-order valence-electron chi connectivity index (χ2n) is 5.52. The molecular weight excluding hydrogens is 304 g/mol. The van der Waals surface area contributed by atoms with Gasteiger partial charge in [0.25, 0.3) is 5.91 Å². The third kappa shape index (κ3) is 3.43. The Morgan fingerprint density at radius 1 is 1.17 bits per heavy atom. The van der Waals surface area contributed by atoms with Gasteiger partial charge < -0.3 is 10.5 Å². The second-order valence-corrected chi connectivity index (χ2v) is 5.52. The van der Waals surface area contributed by atoms with Crippen molar-refractivity contribution in [3.63, 3.8) is 0 Å². The number of rotatable bonds is 5. The van der Waals surface area contributed by atoms with Crippen LogP contribution in [-0.2, 0) is 4.79 Å². The number of nitrogens with two attached hydrogens (primary N) is 1. The van der Waals surface area contributed by atoms with Crippen molar-refractivity contribution in [1.82, 2.24) is 14.8 Å². The Morgan fingerprint density at radius 3 is 2.71 bits per heavy atom. The molecule has 0 spiro atoms. The number of hydrogen-bond donors (Lipinski definition) is 1. The number of hydrogen-bond acceptors (Lipinski definition) is 4. The standard InChI is InChI=1S/C18H18N4O2/c1-12-5-3-7-15(9-12)22-18(20-13(2)21-22)14-6-4-8-16(10-14)24-11-17(19)23/h3-10H,11H2,1-2H3,(H2,19,23). The zero-order valence-electron chi connectivity index (χ0n) is 13.6. The summed E-state index contributed by atoms with van der Waals surface area (Å²) in [6.07, 6.45) is 0. The molecule has 2 N–H and O–H groups in total. The summed E-state index contributed by atoms with van der Waals surface area (Å²) in [5.74, 6) is 1.43. The molecule has 6 heteroatoms. The molecule has 2 aromatic carbocycles. The molecule has 24 heavy (non-hydrogen) atoms. The highest BCUT2D eigenvalue weighted by Crippen LogP contribution is 2.25. The number of carbonyl (C=O) groups is 1. The lowest BCUT2D eigenvalue weighted by molar-refractivity contribution is -0.119. The molecule has 3 aromatic rings. The number of benzene rings is 2.